The van der Waals surface area contributed by atoms with E-state index < -0.39 is 18.3 Å². The van der Waals surface area contributed by atoms with Crippen LogP contribution in [0.4, 0.5) is 9.59 Å². The van der Waals surface area contributed by atoms with E-state index in [1.165, 1.54) is 12.0 Å². The minimum atomic E-state index is -0.569. The Kier molecular flexibility index (Phi) is 6.72. The van der Waals surface area contributed by atoms with Crippen LogP contribution in [0.15, 0.2) is 60.0 Å². The molecule has 0 bridgehead atoms. The van der Waals surface area contributed by atoms with Gasteiger partial charge in [-0.3, -0.25) is 9.69 Å². The summed E-state index contributed by atoms with van der Waals surface area (Å²) in [6.45, 7) is 1.34. The number of rotatable bonds is 4. The van der Waals surface area contributed by atoms with Gasteiger partial charge in [0.15, 0.2) is 0 Å². The van der Waals surface area contributed by atoms with Crippen molar-refractivity contribution < 1.29 is 23.9 Å². The number of carbonyl (C=O) groups is 3. The van der Waals surface area contributed by atoms with Crippen molar-refractivity contribution in [3.8, 4) is 0 Å². The minimum Gasteiger partial charge on any atom is -0.453 e. The van der Waals surface area contributed by atoms with E-state index in [4.69, 9.17) is 4.74 Å². The van der Waals surface area contributed by atoms with Crippen LogP contribution >= 0.6 is 0 Å². The zero-order valence-corrected chi connectivity index (χ0v) is 16.2. The van der Waals surface area contributed by atoms with E-state index in [0.717, 1.165) is 5.70 Å². The van der Waals surface area contributed by atoms with Crippen LogP contribution in [-0.4, -0.2) is 67.4 Å². The van der Waals surface area contributed by atoms with Gasteiger partial charge in [0.1, 0.15) is 6.10 Å². The summed E-state index contributed by atoms with van der Waals surface area (Å²) in [5.41, 5.74) is 1.64. The normalized spacial score (nSPS) is 27.7. The molecule has 0 spiro atoms. The van der Waals surface area contributed by atoms with Crippen molar-refractivity contribution in [1.29, 1.82) is 0 Å². The minimum absolute atomic E-state index is 0.00689. The van der Waals surface area contributed by atoms with Crippen LogP contribution in [-0.2, 0) is 14.3 Å². The molecule has 0 aromatic carbocycles. The lowest BCUT2D eigenvalue weighted by molar-refractivity contribution is -0.118. The molecular weight excluding hydrogens is 376 g/mol. The summed E-state index contributed by atoms with van der Waals surface area (Å²) in [7, 11) is 1.28. The van der Waals surface area contributed by atoms with Crippen molar-refractivity contribution in [2.75, 3.05) is 33.4 Å². The maximum atomic E-state index is 12.3. The summed E-state index contributed by atoms with van der Waals surface area (Å²) in [5, 5.41) is 5.33. The SMILES string of the molecule is COC(=O)NC[C@H]1CN(/C2=C/C=C\C=C/C(N3CNC(=O)C3)=C\CC=C2)C(=O)O1. The van der Waals surface area contributed by atoms with Gasteiger partial charge in [-0.25, -0.2) is 9.59 Å². The Morgan fingerprint density at radius 2 is 2.14 bits per heavy atom. The second kappa shape index (κ2) is 9.63. The average molecular weight is 400 g/mol. The van der Waals surface area contributed by atoms with Crippen LogP contribution in [0.3, 0.4) is 0 Å². The average Bonchev–Trinajstić information content (AvgIpc) is 3.29. The number of nitrogens with zero attached hydrogens (tertiary/aromatic N) is 2. The lowest BCUT2D eigenvalue weighted by Crippen LogP contribution is -2.34. The molecule has 1 atom stereocenters. The Morgan fingerprint density at radius 3 is 2.90 bits per heavy atom. The van der Waals surface area contributed by atoms with Crippen LogP contribution in [0.1, 0.15) is 6.42 Å². The standard InChI is InChI=1S/C20H24N4O5/c1-28-19(26)21-11-17-12-24(20(27)29-17)16-9-4-2-3-7-15(8-5-6-10-16)23-13-18(25)22-14-23/h2-4,6-10,17H,5,11-14H2,1H3,(H,21,26)(H,22,25)/b4-2-,7-3-,10-6?,15-8+,16-9+/t17-/m0/s1. The number of methoxy groups -OCH3 is 1. The zero-order valence-electron chi connectivity index (χ0n) is 16.2. The van der Waals surface area contributed by atoms with E-state index in [-0.39, 0.29) is 12.5 Å². The molecule has 2 fully saturated rings. The predicted octanol–water partition coefficient (Wildman–Crippen LogP) is 1.39. The Balaban J connectivity index is 1.66. The highest BCUT2D eigenvalue weighted by Crippen LogP contribution is 2.19. The van der Waals surface area contributed by atoms with E-state index >= 15 is 0 Å². The van der Waals surface area contributed by atoms with Crippen molar-refractivity contribution in [1.82, 2.24) is 20.4 Å². The number of cyclic esters (lactones) is 1. The van der Waals surface area contributed by atoms with Gasteiger partial charge in [-0.05, 0) is 24.6 Å². The summed E-state index contributed by atoms with van der Waals surface area (Å²) < 4.78 is 9.84. The third-order valence-electron chi connectivity index (χ3n) is 4.52. The summed E-state index contributed by atoms with van der Waals surface area (Å²) >= 11 is 0. The van der Waals surface area contributed by atoms with Gasteiger partial charge in [0, 0.05) is 11.4 Å². The molecular formula is C20H24N4O5. The molecule has 3 amide bonds. The van der Waals surface area contributed by atoms with Gasteiger partial charge in [-0.15, -0.1) is 0 Å². The molecule has 2 aliphatic heterocycles. The van der Waals surface area contributed by atoms with Gasteiger partial charge < -0.3 is 25.0 Å². The third-order valence-corrected chi connectivity index (χ3v) is 4.52. The topological polar surface area (TPSA) is 100 Å². The largest absolute Gasteiger partial charge is 0.453 e. The first-order valence-electron chi connectivity index (χ1n) is 9.30. The summed E-state index contributed by atoms with van der Waals surface area (Å²) in [6, 6.07) is 0. The Labute approximate surface area is 169 Å². The summed E-state index contributed by atoms with van der Waals surface area (Å²) in [4.78, 5) is 38.4. The first-order chi connectivity index (χ1) is 14.1. The smallest absolute Gasteiger partial charge is 0.414 e. The first-order valence-corrected chi connectivity index (χ1v) is 9.30. The lowest BCUT2D eigenvalue weighted by Gasteiger charge is -2.16. The van der Waals surface area contributed by atoms with Gasteiger partial charge in [-0.2, -0.15) is 0 Å². The number of hydrogen-bond acceptors (Lipinski definition) is 6. The number of ether oxygens (including phenoxy) is 2. The van der Waals surface area contributed by atoms with Crippen molar-refractivity contribution in [3.05, 3.63) is 60.0 Å². The highest BCUT2D eigenvalue weighted by Gasteiger charge is 2.32. The molecule has 154 valence electrons. The number of allylic oxidation sites excluding steroid dienone is 8. The molecule has 29 heavy (non-hydrogen) atoms. The maximum Gasteiger partial charge on any atom is 0.414 e. The maximum absolute atomic E-state index is 12.3. The van der Waals surface area contributed by atoms with Gasteiger partial charge in [0.25, 0.3) is 0 Å². The van der Waals surface area contributed by atoms with E-state index in [1.54, 1.807) is 0 Å². The second-order valence-corrected chi connectivity index (χ2v) is 6.55. The fraction of sp³-hybridized carbons (Fsp3) is 0.350. The van der Waals surface area contributed by atoms with Crippen molar-refractivity contribution >= 4 is 18.1 Å². The predicted molar refractivity (Wildman–Crippen MR) is 105 cm³/mol. The molecule has 3 aliphatic rings. The molecule has 3 rings (SSSR count). The second-order valence-electron chi connectivity index (χ2n) is 6.55. The lowest BCUT2D eigenvalue weighted by atomic mass is 10.2. The van der Waals surface area contributed by atoms with Crippen LogP contribution in [0.2, 0.25) is 0 Å². The number of nitrogens with one attached hydrogen (secondary N) is 2. The molecule has 0 unspecified atom stereocenters. The van der Waals surface area contributed by atoms with E-state index in [0.29, 0.717) is 31.9 Å². The van der Waals surface area contributed by atoms with Crippen LogP contribution < -0.4 is 10.6 Å². The fourth-order valence-corrected chi connectivity index (χ4v) is 3.05. The van der Waals surface area contributed by atoms with Gasteiger partial charge >= 0.3 is 12.2 Å². The van der Waals surface area contributed by atoms with Gasteiger partial charge in [-0.1, -0.05) is 30.4 Å². The van der Waals surface area contributed by atoms with E-state index in [1.807, 2.05) is 53.5 Å². The van der Waals surface area contributed by atoms with Crippen molar-refractivity contribution in [2.24, 2.45) is 0 Å². The van der Waals surface area contributed by atoms with Gasteiger partial charge in [0.2, 0.25) is 5.91 Å². The number of amides is 3. The molecule has 9 nitrogen and oxygen atoms in total. The molecule has 2 heterocycles. The molecule has 0 aromatic heterocycles. The fourth-order valence-electron chi connectivity index (χ4n) is 3.05. The van der Waals surface area contributed by atoms with Crippen molar-refractivity contribution in [3.63, 3.8) is 0 Å². The highest BCUT2D eigenvalue weighted by molar-refractivity contribution is 5.80. The molecule has 0 aromatic rings. The Bertz CT molecular complexity index is 812. The Morgan fingerprint density at radius 1 is 1.28 bits per heavy atom. The van der Waals surface area contributed by atoms with E-state index in [9.17, 15) is 14.4 Å². The molecule has 1 aliphatic carbocycles. The third kappa shape index (κ3) is 5.50. The molecule has 2 saturated heterocycles. The van der Waals surface area contributed by atoms with E-state index in [2.05, 4.69) is 15.4 Å². The van der Waals surface area contributed by atoms with Crippen molar-refractivity contribution in [2.45, 2.75) is 12.5 Å². The molecule has 0 radical (unpaired) electrons. The number of alkyl carbamates (subject to hydrolysis) is 1. The zero-order chi connectivity index (χ0) is 20.6. The van der Waals surface area contributed by atoms with Crippen LogP contribution in [0.25, 0.3) is 0 Å². The monoisotopic (exact) mass is 400 g/mol. The molecule has 2 N–H and O–H groups in total. The molecule has 0 saturated carbocycles. The van der Waals surface area contributed by atoms with Crippen LogP contribution in [0, 0.1) is 0 Å². The number of hydrogen-bond donors (Lipinski definition) is 2. The molecule has 9 heteroatoms. The number of carbonyl (C=O) groups excluding carboxylic acids is 3. The Hall–Kier alpha value is -3.49. The first kappa shape index (κ1) is 20.2. The summed E-state index contributed by atoms with van der Waals surface area (Å²) in [6.07, 6.45) is 14.3. The summed E-state index contributed by atoms with van der Waals surface area (Å²) in [5.74, 6) is 0.00689. The van der Waals surface area contributed by atoms with Gasteiger partial charge in [0.05, 0.1) is 33.4 Å². The highest BCUT2D eigenvalue weighted by atomic mass is 16.6. The quantitative estimate of drug-likeness (QED) is 0.740. The van der Waals surface area contributed by atoms with Crippen LogP contribution in [0.5, 0.6) is 0 Å².